The highest BCUT2D eigenvalue weighted by molar-refractivity contribution is 9.10. The number of carbonyl (C=O) groups excluding carboxylic acids is 3. The Bertz CT molecular complexity index is 761. The Labute approximate surface area is 198 Å². The van der Waals surface area contributed by atoms with Crippen molar-refractivity contribution in [2.75, 3.05) is 13.2 Å². The van der Waals surface area contributed by atoms with Gasteiger partial charge in [-0.25, -0.2) is 0 Å². The molecule has 0 aromatic rings. The maximum Gasteiger partial charge on any atom is 0.302 e. The molecule has 32 heavy (non-hydrogen) atoms. The van der Waals surface area contributed by atoms with E-state index in [-0.39, 0.29) is 36.3 Å². The zero-order valence-electron chi connectivity index (χ0n) is 19.4. The summed E-state index contributed by atoms with van der Waals surface area (Å²) in [6, 6.07) is 0. The van der Waals surface area contributed by atoms with Gasteiger partial charge in [-0.15, -0.1) is 0 Å². The zero-order valence-corrected chi connectivity index (χ0v) is 21.0. The first-order chi connectivity index (χ1) is 15.1. The van der Waals surface area contributed by atoms with Crippen LogP contribution in [0.1, 0.15) is 66.2 Å². The van der Waals surface area contributed by atoms with Crippen molar-refractivity contribution >= 4 is 34.2 Å². The molecule has 4 rings (SSSR count). The molecule has 0 bridgehead atoms. The number of hydrogen-bond donors (Lipinski definition) is 0. The van der Waals surface area contributed by atoms with E-state index in [4.69, 9.17) is 18.9 Å². The van der Waals surface area contributed by atoms with Crippen LogP contribution in [-0.4, -0.2) is 54.3 Å². The lowest BCUT2D eigenvalue weighted by atomic mass is 9.42. The summed E-state index contributed by atoms with van der Waals surface area (Å²) in [6.45, 7) is 7.96. The van der Waals surface area contributed by atoms with Crippen LogP contribution in [0.15, 0.2) is 0 Å². The van der Waals surface area contributed by atoms with E-state index < -0.39 is 27.8 Å². The highest BCUT2D eigenvalue weighted by Gasteiger charge is 2.71. The Morgan fingerprint density at radius 1 is 1.19 bits per heavy atom. The Hall–Kier alpha value is -0.990. The molecule has 0 aromatic carbocycles. The lowest BCUT2D eigenvalue weighted by Gasteiger charge is -2.65. The molecule has 7 nitrogen and oxygen atoms in total. The summed E-state index contributed by atoms with van der Waals surface area (Å²) in [5, 5.41) is 0. The molecule has 4 aliphatic rings. The SMILES string of the molecule is CC(=O)OC[C@@]12[C@@H](OC(C)=O)C[C@@H](C)[C@](C)([C@@H]3C[C@H]4CCO[C@H]4O3)[C@H]1CCC[C@@]2(Br)C=O. The van der Waals surface area contributed by atoms with E-state index in [0.29, 0.717) is 18.8 Å². The first-order valence-corrected chi connectivity index (χ1v) is 12.6. The van der Waals surface area contributed by atoms with Gasteiger partial charge in [-0.05, 0) is 43.9 Å². The molecule has 8 heteroatoms. The fourth-order valence-corrected chi connectivity index (χ4v) is 8.24. The van der Waals surface area contributed by atoms with Crippen LogP contribution in [0, 0.1) is 28.6 Å². The van der Waals surface area contributed by atoms with Gasteiger partial charge < -0.3 is 23.7 Å². The second-order valence-electron chi connectivity index (χ2n) is 10.5. The molecule has 2 aliphatic carbocycles. The van der Waals surface area contributed by atoms with Gasteiger partial charge in [0.15, 0.2) is 6.29 Å². The summed E-state index contributed by atoms with van der Waals surface area (Å²) in [7, 11) is 0. The van der Waals surface area contributed by atoms with Crippen molar-refractivity contribution in [2.45, 2.75) is 89.0 Å². The van der Waals surface area contributed by atoms with Crippen molar-refractivity contribution in [3.63, 3.8) is 0 Å². The van der Waals surface area contributed by atoms with Crippen molar-refractivity contribution in [1.29, 1.82) is 0 Å². The summed E-state index contributed by atoms with van der Waals surface area (Å²) in [4.78, 5) is 36.7. The van der Waals surface area contributed by atoms with Crippen LogP contribution in [0.25, 0.3) is 0 Å². The first kappa shape index (κ1) is 24.1. The van der Waals surface area contributed by atoms with Crippen LogP contribution >= 0.6 is 15.9 Å². The van der Waals surface area contributed by atoms with Crippen LogP contribution in [0.3, 0.4) is 0 Å². The molecule has 2 saturated heterocycles. The normalized spacial score (nSPS) is 47.9. The Morgan fingerprint density at radius 2 is 1.94 bits per heavy atom. The number of esters is 2. The summed E-state index contributed by atoms with van der Waals surface area (Å²) in [5.74, 6) is -0.289. The Kier molecular flexibility index (Phi) is 6.53. The van der Waals surface area contributed by atoms with E-state index in [1.54, 1.807) is 0 Å². The largest absolute Gasteiger partial charge is 0.465 e. The predicted octanol–water partition coefficient (Wildman–Crippen LogP) is 3.80. The summed E-state index contributed by atoms with van der Waals surface area (Å²) in [6.07, 6.45) is 4.97. The van der Waals surface area contributed by atoms with Gasteiger partial charge in [-0.3, -0.25) is 9.59 Å². The minimum absolute atomic E-state index is 0.0212. The molecule has 0 unspecified atom stereocenters. The molecule has 9 atom stereocenters. The number of ether oxygens (including phenoxy) is 4. The molecule has 0 aromatic heterocycles. The fourth-order valence-electron chi connectivity index (χ4n) is 7.31. The number of fused-ring (bicyclic) bond motifs is 2. The molecular formula is C24H35BrO7. The van der Waals surface area contributed by atoms with E-state index in [1.165, 1.54) is 13.8 Å². The van der Waals surface area contributed by atoms with Crippen molar-refractivity contribution < 1.29 is 33.3 Å². The lowest BCUT2D eigenvalue weighted by molar-refractivity contribution is -0.243. The number of halogens is 1. The Balaban J connectivity index is 1.82. The third-order valence-electron chi connectivity index (χ3n) is 9.06. The van der Waals surface area contributed by atoms with E-state index >= 15 is 0 Å². The number of hydrogen-bond acceptors (Lipinski definition) is 7. The smallest absolute Gasteiger partial charge is 0.302 e. The van der Waals surface area contributed by atoms with Gasteiger partial charge in [0.25, 0.3) is 0 Å². The predicted molar refractivity (Wildman–Crippen MR) is 119 cm³/mol. The van der Waals surface area contributed by atoms with Crippen molar-refractivity contribution in [3.05, 3.63) is 0 Å². The van der Waals surface area contributed by atoms with Crippen LogP contribution < -0.4 is 0 Å². The molecule has 2 heterocycles. The molecule has 0 radical (unpaired) electrons. The summed E-state index contributed by atoms with van der Waals surface area (Å²) < 4.78 is 22.9. The van der Waals surface area contributed by atoms with Crippen molar-refractivity contribution in [2.24, 2.45) is 28.6 Å². The van der Waals surface area contributed by atoms with Gasteiger partial charge in [-0.2, -0.15) is 0 Å². The summed E-state index contributed by atoms with van der Waals surface area (Å²) >= 11 is 3.79. The van der Waals surface area contributed by atoms with Crippen LogP contribution in [-0.2, 0) is 33.3 Å². The quantitative estimate of drug-likeness (QED) is 0.313. The highest BCUT2D eigenvalue weighted by atomic mass is 79.9. The minimum atomic E-state index is -0.967. The van der Waals surface area contributed by atoms with Gasteiger partial charge in [0, 0.05) is 25.2 Å². The summed E-state index contributed by atoms with van der Waals surface area (Å²) in [5.41, 5.74) is -1.18. The topological polar surface area (TPSA) is 88.1 Å². The maximum absolute atomic E-state index is 12.6. The van der Waals surface area contributed by atoms with Gasteiger partial charge >= 0.3 is 11.9 Å². The molecule has 0 N–H and O–H groups in total. The monoisotopic (exact) mass is 514 g/mol. The zero-order chi connectivity index (χ0) is 23.3. The van der Waals surface area contributed by atoms with Gasteiger partial charge in [0.05, 0.1) is 22.5 Å². The van der Waals surface area contributed by atoms with Gasteiger partial charge in [0.2, 0.25) is 0 Å². The average molecular weight is 515 g/mol. The molecule has 2 saturated carbocycles. The number of alkyl halides is 1. The highest BCUT2D eigenvalue weighted by Crippen LogP contribution is 2.68. The van der Waals surface area contributed by atoms with Crippen LogP contribution in [0.4, 0.5) is 0 Å². The molecule has 0 spiro atoms. The third-order valence-corrected chi connectivity index (χ3v) is 10.4. The fraction of sp³-hybridized carbons (Fsp3) is 0.875. The van der Waals surface area contributed by atoms with E-state index in [9.17, 15) is 14.4 Å². The first-order valence-electron chi connectivity index (χ1n) is 11.8. The van der Waals surface area contributed by atoms with Crippen molar-refractivity contribution in [1.82, 2.24) is 0 Å². The maximum atomic E-state index is 12.6. The van der Waals surface area contributed by atoms with E-state index in [0.717, 1.165) is 38.6 Å². The van der Waals surface area contributed by atoms with E-state index in [1.807, 2.05) is 0 Å². The third kappa shape index (κ3) is 3.56. The molecule has 4 fully saturated rings. The number of rotatable bonds is 5. The molecule has 2 aliphatic heterocycles. The van der Waals surface area contributed by atoms with Gasteiger partial charge in [0.1, 0.15) is 19.0 Å². The Morgan fingerprint density at radius 3 is 2.56 bits per heavy atom. The molecular weight excluding hydrogens is 480 g/mol. The van der Waals surface area contributed by atoms with Gasteiger partial charge in [-0.1, -0.05) is 36.2 Å². The standard InChI is InChI=1S/C24H35BrO7/c1-14-10-20(31-16(3)28)24(13-30-15(2)27)18(6-5-8-23(24,25)12-26)22(14,4)19-11-17-7-9-29-21(17)32-19/h12,14,17-21H,5-11,13H2,1-4H3/t14-,17-,18-,19+,20+,21+,22+,23-,24+/m1/s1. The van der Waals surface area contributed by atoms with E-state index in [2.05, 4.69) is 29.8 Å². The number of carbonyl (C=O) groups is 3. The second-order valence-corrected chi connectivity index (χ2v) is 11.9. The number of aldehydes is 1. The second kappa shape index (κ2) is 8.66. The average Bonchev–Trinajstić information content (AvgIpc) is 3.33. The van der Waals surface area contributed by atoms with Crippen molar-refractivity contribution in [3.8, 4) is 0 Å². The minimum Gasteiger partial charge on any atom is -0.465 e. The lowest BCUT2D eigenvalue weighted by Crippen LogP contribution is -2.71. The van der Waals surface area contributed by atoms with Crippen LogP contribution in [0.2, 0.25) is 0 Å². The van der Waals surface area contributed by atoms with Crippen LogP contribution in [0.5, 0.6) is 0 Å². The molecule has 0 amide bonds. The molecule has 180 valence electrons.